The van der Waals surface area contributed by atoms with E-state index in [0.29, 0.717) is 12.1 Å². The van der Waals surface area contributed by atoms with E-state index in [0.717, 1.165) is 9.87 Å². The topological polar surface area (TPSA) is 86.8 Å². The first-order valence-corrected chi connectivity index (χ1v) is 16.5. The van der Waals surface area contributed by atoms with Crippen molar-refractivity contribution in [2.75, 3.05) is 17.4 Å². The second-order valence-electron chi connectivity index (χ2n) is 9.74. The molecule has 0 spiro atoms. The maximum Gasteiger partial charge on any atom is 0.264 e. The van der Waals surface area contributed by atoms with Crippen LogP contribution in [0.1, 0.15) is 18.1 Å². The van der Waals surface area contributed by atoms with Crippen LogP contribution in [0.4, 0.5) is 5.69 Å². The summed E-state index contributed by atoms with van der Waals surface area (Å²) in [4.78, 5) is 29.3. The van der Waals surface area contributed by atoms with Gasteiger partial charge in [0, 0.05) is 40.1 Å². The Morgan fingerprint density at radius 3 is 2.02 bits per heavy atom. The first kappa shape index (κ1) is 33.6. The third kappa shape index (κ3) is 8.06. The SMILES string of the molecule is CCNC(=O)[C@@H](Cc1ccccc1)N(Cc1c(Cl)cccc1Cl)C(=O)CN(c1cc(Cl)ccc1Cl)S(=O)(=O)c1ccccc1. The zero-order chi connectivity index (χ0) is 31.9. The second kappa shape index (κ2) is 15.1. The quantitative estimate of drug-likeness (QED) is 0.169. The minimum absolute atomic E-state index is 0.00437. The van der Waals surface area contributed by atoms with Crippen molar-refractivity contribution in [2.45, 2.75) is 30.8 Å². The third-order valence-corrected chi connectivity index (χ3v) is 9.84. The number of amides is 2. The molecule has 0 heterocycles. The lowest BCUT2D eigenvalue weighted by Gasteiger charge is -2.34. The summed E-state index contributed by atoms with van der Waals surface area (Å²) < 4.78 is 29.0. The third-order valence-electron chi connectivity index (χ3n) is 6.80. The van der Waals surface area contributed by atoms with E-state index in [2.05, 4.69) is 5.32 Å². The predicted octanol–water partition coefficient (Wildman–Crippen LogP) is 7.27. The molecule has 0 fully saturated rings. The molecule has 0 saturated carbocycles. The van der Waals surface area contributed by atoms with Crippen LogP contribution in [-0.4, -0.2) is 44.3 Å². The van der Waals surface area contributed by atoms with Gasteiger partial charge in [-0.15, -0.1) is 0 Å². The van der Waals surface area contributed by atoms with Crippen molar-refractivity contribution in [3.63, 3.8) is 0 Å². The van der Waals surface area contributed by atoms with Gasteiger partial charge in [0.05, 0.1) is 15.6 Å². The summed E-state index contributed by atoms with van der Waals surface area (Å²) in [5.74, 6) is -1.12. The molecule has 44 heavy (non-hydrogen) atoms. The van der Waals surface area contributed by atoms with Gasteiger partial charge in [-0.2, -0.15) is 0 Å². The van der Waals surface area contributed by atoms with E-state index in [1.807, 2.05) is 30.3 Å². The maximum atomic E-state index is 14.4. The first-order valence-electron chi connectivity index (χ1n) is 13.6. The lowest BCUT2D eigenvalue weighted by molar-refractivity contribution is -0.140. The molecule has 0 aliphatic heterocycles. The average Bonchev–Trinajstić information content (AvgIpc) is 3.01. The molecule has 0 aliphatic carbocycles. The summed E-state index contributed by atoms with van der Waals surface area (Å²) in [6, 6.07) is 25.1. The van der Waals surface area contributed by atoms with Crippen LogP contribution in [0.15, 0.2) is 102 Å². The van der Waals surface area contributed by atoms with Crippen molar-refractivity contribution >= 4 is 73.9 Å². The van der Waals surface area contributed by atoms with E-state index in [-0.39, 0.29) is 43.6 Å². The van der Waals surface area contributed by atoms with E-state index in [1.165, 1.54) is 35.2 Å². The Morgan fingerprint density at radius 1 is 0.795 bits per heavy atom. The zero-order valence-corrected chi connectivity index (χ0v) is 27.4. The zero-order valence-electron chi connectivity index (χ0n) is 23.6. The van der Waals surface area contributed by atoms with Crippen molar-refractivity contribution in [1.82, 2.24) is 10.2 Å². The normalized spacial score (nSPS) is 11.9. The molecule has 1 atom stereocenters. The molecule has 4 aromatic carbocycles. The number of carbonyl (C=O) groups is 2. The molecule has 0 aromatic heterocycles. The Bertz CT molecular complexity index is 1700. The number of nitrogens with zero attached hydrogens (tertiary/aromatic N) is 2. The molecule has 0 unspecified atom stereocenters. The van der Waals surface area contributed by atoms with E-state index in [1.54, 1.807) is 43.3 Å². The van der Waals surface area contributed by atoms with Crippen LogP contribution < -0.4 is 9.62 Å². The fourth-order valence-corrected chi connectivity index (χ4v) is 7.01. The monoisotopic (exact) mass is 691 g/mol. The van der Waals surface area contributed by atoms with Gasteiger partial charge in [0.1, 0.15) is 12.6 Å². The van der Waals surface area contributed by atoms with Crippen molar-refractivity contribution in [2.24, 2.45) is 0 Å². The highest BCUT2D eigenvalue weighted by Crippen LogP contribution is 2.34. The van der Waals surface area contributed by atoms with Crippen molar-refractivity contribution in [3.8, 4) is 0 Å². The standard InChI is InChI=1S/C32H29Cl4N3O4S/c1-2-37-32(41)30(18-22-10-5-3-6-11-22)38(20-25-26(34)14-9-15-27(25)35)31(40)21-39(29-19-23(33)16-17-28(29)36)44(42,43)24-12-7-4-8-13-24/h3-17,19,30H,2,18,20-21H2,1H3,(H,37,41)/t30-/m1/s1. The van der Waals surface area contributed by atoms with E-state index in [4.69, 9.17) is 46.4 Å². The fraction of sp³-hybridized carbons (Fsp3) is 0.188. The number of hydrogen-bond donors (Lipinski definition) is 1. The van der Waals surface area contributed by atoms with E-state index in [9.17, 15) is 18.0 Å². The largest absolute Gasteiger partial charge is 0.355 e. The molecule has 4 rings (SSSR count). The van der Waals surface area contributed by atoms with Crippen LogP contribution in [-0.2, 0) is 32.6 Å². The predicted molar refractivity (Wildman–Crippen MR) is 177 cm³/mol. The van der Waals surface area contributed by atoms with Gasteiger partial charge in [0.25, 0.3) is 10.0 Å². The number of likely N-dealkylation sites (N-methyl/N-ethyl adjacent to an activating group) is 1. The average molecular weight is 693 g/mol. The lowest BCUT2D eigenvalue weighted by atomic mass is 10.0. The summed E-state index contributed by atoms with van der Waals surface area (Å²) in [5, 5.41) is 3.66. The van der Waals surface area contributed by atoms with Crippen LogP contribution in [0.5, 0.6) is 0 Å². The van der Waals surface area contributed by atoms with Crippen LogP contribution in [0.25, 0.3) is 0 Å². The lowest BCUT2D eigenvalue weighted by Crippen LogP contribution is -2.53. The molecule has 0 saturated heterocycles. The van der Waals surface area contributed by atoms with Gasteiger partial charge in [-0.05, 0) is 55.0 Å². The highest BCUT2D eigenvalue weighted by Gasteiger charge is 2.35. The number of anilines is 1. The minimum Gasteiger partial charge on any atom is -0.355 e. The van der Waals surface area contributed by atoms with Crippen molar-refractivity contribution in [3.05, 3.63) is 128 Å². The molecular formula is C32H29Cl4N3O4S. The summed E-state index contributed by atoms with van der Waals surface area (Å²) in [6.45, 7) is 1.20. The first-order chi connectivity index (χ1) is 21.0. The molecule has 12 heteroatoms. The van der Waals surface area contributed by atoms with Gasteiger partial charge < -0.3 is 10.2 Å². The molecular weight excluding hydrogens is 664 g/mol. The van der Waals surface area contributed by atoms with Crippen LogP contribution in [0.2, 0.25) is 20.1 Å². The number of carbonyl (C=O) groups excluding carboxylic acids is 2. The number of hydrogen-bond acceptors (Lipinski definition) is 4. The summed E-state index contributed by atoms with van der Waals surface area (Å²) in [5.41, 5.74) is 1.20. The summed E-state index contributed by atoms with van der Waals surface area (Å²) in [7, 11) is -4.34. The van der Waals surface area contributed by atoms with E-state index >= 15 is 0 Å². The fourth-order valence-electron chi connectivity index (χ4n) is 4.61. The van der Waals surface area contributed by atoms with Gasteiger partial charge >= 0.3 is 0 Å². The number of nitrogens with one attached hydrogen (secondary N) is 1. The number of sulfonamides is 1. The highest BCUT2D eigenvalue weighted by molar-refractivity contribution is 7.92. The molecule has 0 aliphatic rings. The number of rotatable bonds is 12. The number of halogens is 4. The Balaban J connectivity index is 1.85. The Hall–Kier alpha value is -3.27. The molecule has 2 amide bonds. The van der Waals surface area contributed by atoms with Gasteiger partial charge in [-0.1, -0.05) is 101 Å². The second-order valence-corrected chi connectivity index (χ2v) is 13.3. The molecule has 7 nitrogen and oxygen atoms in total. The molecule has 4 aromatic rings. The van der Waals surface area contributed by atoms with Crippen LogP contribution in [0, 0.1) is 0 Å². The van der Waals surface area contributed by atoms with Crippen molar-refractivity contribution < 1.29 is 18.0 Å². The molecule has 0 radical (unpaired) electrons. The molecule has 230 valence electrons. The highest BCUT2D eigenvalue weighted by atomic mass is 35.5. The number of benzene rings is 4. The maximum absolute atomic E-state index is 14.4. The minimum atomic E-state index is -4.34. The van der Waals surface area contributed by atoms with Crippen LogP contribution in [0.3, 0.4) is 0 Å². The van der Waals surface area contributed by atoms with Gasteiger partial charge in [-0.3, -0.25) is 13.9 Å². The Labute approximate surface area is 277 Å². The Morgan fingerprint density at radius 2 is 1.41 bits per heavy atom. The van der Waals surface area contributed by atoms with E-state index < -0.39 is 34.4 Å². The molecule has 0 bridgehead atoms. The van der Waals surface area contributed by atoms with Gasteiger partial charge in [0.2, 0.25) is 11.8 Å². The smallest absolute Gasteiger partial charge is 0.264 e. The Kier molecular flexibility index (Phi) is 11.6. The summed E-state index contributed by atoms with van der Waals surface area (Å²) >= 11 is 25.8. The summed E-state index contributed by atoms with van der Waals surface area (Å²) in [6.07, 6.45) is 0.143. The van der Waals surface area contributed by atoms with Gasteiger partial charge in [0.15, 0.2) is 0 Å². The molecule has 1 N–H and O–H groups in total. The van der Waals surface area contributed by atoms with Crippen LogP contribution >= 0.6 is 46.4 Å². The van der Waals surface area contributed by atoms with Crippen molar-refractivity contribution in [1.29, 1.82) is 0 Å². The van der Waals surface area contributed by atoms with Gasteiger partial charge in [-0.25, -0.2) is 8.42 Å².